The molecule has 12 aromatic heterocycles. The van der Waals surface area contributed by atoms with Gasteiger partial charge in [0.15, 0.2) is 34.6 Å². The zero-order valence-corrected chi connectivity index (χ0v) is 58.4. The lowest BCUT2D eigenvalue weighted by atomic mass is 10.1. The van der Waals surface area contributed by atoms with Crippen molar-refractivity contribution in [1.29, 1.82) is 0 Å². The van der Waals surface area contributed by atoms with Crippen molar-refractivity contribution in [1.82, 2.24) is 69.8 Å². The summed E-state index contributed by atoms with van der Waals surface area (Å²) in [5.74, 6) is 4.37. The second kappa shape index (κ2) is 37.4. The van der Waals surface area contributed by atoms with Crippen molar-refractivity contribution in [3.63, 3.8) is 0 Å². The smallest absolute Gasteiger partial charge is 0.187 e. The maximum absolute atomic E-state index is 13.3. The first-order chi connectivity index (χ1) is 50.3. The van der Waals surface area contributed by atoms with Gasteiger partial charge in [-0.2, -0.15) is 0 Å². The van der Waals surface area contributed by atoms with Crippen LogP contribution in [0.4, 0.5) is 8.78 Å². The van der Waals surface area contributed by atoms with Gasteiger partial charge in [0.1, 0.15) is 81.6 Å². The number of aromatic nitrogens is 14. The van der Waals surface area contributed by atoms with Gasteiger partial charge < -0.3 is 18.9 Å². The molecule has 104 heavy (non-hydrogen) atoms. The molecule has 0 saturated carbocycles. The van der Waals surface area contributed by atoms with Crippen LogP contribution in [-0.4, -0.2) is 92.9 Å². The van der Waals surface area contributed by atoms with Gasteiger partial charge in [-0.15, -0.1) is 6.42 Å². The molecule has 12 aromatic rings. The first-order valence-electron chi connectivity index (χ1n) is 33.1. The lowest BCUT2D eigenvalue weighted by Crippen LogP contribution is -2.09. The number of terminal acetylenes is 1. The Hall–Kier alpha value is -13.0. The van der Waals surface area contributed by atoms with Gasteiger partial charge in [0.2, 0.25) is 0 Å². The normalized spacial score (nSPS) is 10.5. The highest BCUT2D eigenvalue weighted by Crippen LogP contribution is 2.28. The van der Waals surface area contributed by atoms with Crippen LogP contribution < -0.4 is 18.9 Å². The Kier molecular flexibility index (Phi) is 27.0. The summed E-state index contributed by atoms with van der Waals surface area (Å²) in [7, 11) is 0. The second-order valence-corrected chi connectivity index (χ2v) is 23.2. The van der Waals surface area contributed by atoms with Crippen LogP contribution in [0.3, 0.4) is 0 Å². The molecule has 12 rings (SSSR count). The zero-order valence-electron chi connectivity index (χ0n) is 58.4. The summed E-state index contributed by atoms with van der Waals surface area (Å²) < 4.78 is 49.4. The van der Waals surface area contributed by atoms with Gasteiger partial charge in [-0.25, -0.2) is 48.7 Å². The van der Waals surface area contributed by atoms with Crippen LogP contribution in [0.5, 0.6) is 46.0 Å². The molecule has 0 aliphatic carbocycles. The third-order valence-corrected chi connectivity index (χ3v) is 15.0. The Morgan fingerprint density at radius 1 is 0.356 bits per heavy atom. The first-order valence-corrected chi connectivity index (χ1v) is 33.1. The number of aryl methyl sites for hydroxylation is 8. The van der Waals surface area contributed by atoms with E-state index in [-0.39, 0.29) is 66.0 Å². The molecule has 0 aromatic carbocycles. The topological polar surface area (TPSA) is 286 Å². The molecule has 0 aliphatic rings. The summed E-state index contributed by atoms with van der Waals surface area (Å²) in [5.41, 5.74) is 11.5. The standard InChI is InChI=1S/C21H16FN3O2.C20H18FN3O2.C20H20N4O2.C19H18N4O2/c1-3-14-5-6-17(24-11-14)9-21(26)20-10-18(8-16(4-2)25-20)27-19-7-15(22)12-23-13-19;1-3-15-8-17(26-18-7-14(21)11-22-12-18)10-19(24-15)20(25)9-16-6-4-5-13(2)23-16;1-4-15-7-17(26-18-10-21-12-22-11-18)9-19(24-15)20(25)8-16-6-5-13(2)14(3)23-16;1-3-14-7-16(25-17-10-20-12-21-11-17)9-18(23-14)19(24)8-15-6-4-5-13(2)22-15/h1,5-8,10-13H,4,9H2,2H3;4-8,10-12H,3,9H2,1-2H3;5-7,9-12H,4,8H2,1-3H3;4-7,9-12H,3,8H2,1-2H3. The summed E-state index contributed by atoms with van der Waals surface area (Å²) in [6.07, 6.45) is 24.3. The predicted molar refractivity (Wildman–Crippen MR) is 383 cm³/mol. The number of carbonyl (C=O) groups excluding carboxylic acids is 4. The largest absolute Gasteiger partial charge is 0.455 e. The molecule has 0 aliphatic heterocycles. The van der Waals surface area contributed by atoms with E-state index >= 15 is 0 Å². The van der Waals surface area contributed by atoms with E-state index in [9.17, 15) is 28.0 Å². The lowest BCUT2D eigenvalue weighted by molar-refractivity contribution is 0.0978. The van der Waals surface area contributed by atoms with Crippen molar-refractivity contribution in [2.24, 2.45) is 0 Å². The van der Waals surface area contributed by atoms with Crippen LogP contribution >= 0.6 is 0 Å². The maximum Gasteiger partial charge on any atom is 0.187 e. The molecule has 0 amide bonds. The molecule has 12 heterocycles. The van der Waals surface area contributed by atoms with Crippen molar-refractivity contribution in [2.45, 2.75) is 107 Å². The molecule has 0 bridgehead atoms. The Morgan fingerprint density at radius 2 is 0.702 bits per heavy atom. The number of carbonyl (C=O) groups is 4. The fourth-order valence-corrected chi connectivity index (χ4v) is 9.70. The Morgan fingerprint density at radius 3 is 1.03 bits per heavy atom. The molecule has 22 nitrogen and oxygen atoms in total. The molecule has 524 valence electrons. The quantitative estimate of drug-likeness (QED) is 0.0401. The van der Waals surface area contributed by atoms with Crippen LogP contribution in [0.25, 0.3) is 0 Å². The van der Waals surface area contributed by atoms with E-state index in [1.165, 1.54) is 43.2 Å². The minimum atomic E-state index is -0.505. The van der Waals surface area contributed by atoms with Crippen LogP contribution in [0.2, 0.25) is 0 Å². The van der Waals surface area contributed by atoms with Crippen molar-refractivity contribution in [3.05, 3.63) is 298 Å². The second-order valence-electron chi connectivity index (χ2n) is 23.2. The Labute approximate surface area is 600 Å². The number of nitrogens with zero attached hydrogens (tertiary/aromatic N) is 14. The molecule has 0 spiro atoms. The highest BCUT2D eigenvalue weighted by molar-refractivity contribution is 5.97. The highest BCUT2D eigenvalue weighted by Gasteiger charge is 2.19. The van der Waals surface area contributed by atoms with E-state index in [0.29, 0.717) is 106 Å². The molecule has 0 saturated heterocycles. The number of pyridine rings is 10. The maximum atomic E-state index is 13.3. The van der Waals surface area contributed by atoms with Gasteiger partial charge in [0, 0.05) is 135 Å². The van der Waals surface area contributed by atoms with Gasteiger partial charge in [0.25, 0.3) is 0 Å². The fourth-order valence-electron chi connectivity index (χ4n) is 9.70. The Bertz CT molecular complexity index is 5010. The van der Waals surface area contributed by atoms with E-state index in [1.54, 1.807) is 73.4 Å². The van der Waals surface area contributed by atoms with Gasteiger partial charge >= 0.3 is 0 Å². The molecule has 0 atom stereocenters. The molecule has 0 radical (unpaired) electrons. The number of rotatable bonds is 24. The monoisotopic (exact) mass is 1390 g/mol. The van der Waals surface area contributed by atoms with Crippen LogP contribution in [0.1, 0.15) is 143 Å². The van der Waals surface area contributed by atoms with E-state index in [0.717, 1.165) is 57.8 Å². The van der Waals surface area contributed by atoms with Gasteiger partial charge in [-0.05, 0) is 101 Å². The van der Waals surface area contributed by atoms with Crippen molar-refractivity contribution >= 4 is 23.1 Å². The number of hydrogen-bond acceptors (Lipinski definition) is 22. The molecular formula is C80H72F2N14O8. The van der Waals surface area contributed by atoms with Gasteiger partial charge in [-0.1, -0.05) is 51.8 Å². The predicted octanol–water partition coefficient (Wildman–Crippen LogP) is 14.9. The SMILES string of the molecule is C#Cc1ccc(CC(=O)c2cc(Oc3cncc(F)c3)cc(CC)n2)nc1.CCc1cc(Oc2cncc(F)c2)cc(C(=O)Cc2cccc(C)n2)n1.CCc1cc(Oc2cncnc2)cc(C(=O)Cc2ccc(C)c(C)n2)n1.CCc1cc(Oc2cncnc2)cc(C(=O)Cc2cccc(C)n2)n1. The lowest BCUT2D eigenvalue weighted by Gasteiger charge is -2.09. The summed E-state index contributed by atoms with van der Waals surface area (Å²) in [6, 6.07) is 34.4. The number of ether oxygens (including phenoxy) is 4. The number of hydrogen-bond donors (Lipinski definition) is 0. The van der Waals surface area contributed by atoms with E-state index in [4.69, 9.17) is 25.4 Å². The minimum absolute atomic E-state index is 0.0893. The highest BCUT2D eigenvalue weighted by atomic mass is 19.1. The van der Waals surface area contributed by atoms with Gasteiger partial charge in [-0.3, -0.25) is 49.1 Å². The fraction of sp³-hybridized carbons (Fsp3) is 0.200. The van der Waals surface area contributed by atoms with Crippen LogP contribution in [-0.2, 0) is 51.4 Å². The summed E-state index contributed by atoms with van der Waals surface area (Å²) in [4.78, 5) is 109. The van der Waals surface area contributed by atoms with Crippen molar-refractivity contribution < 1.29 is 46.9 Å². The average molecular weight is 1400 g/mol. The third-order valence-electron chi connectivity index (χ3n) is 15.0. The van der Waals surface area contributed by atoms with Crippen LogP contribution in [0.15, 0.2) is 190 Å². The van der Waals surface area contributed by atoms with Crippen molar-refractivity contribution in [2.75, 3.05) is 0 Å². The first kappa shape index (κ1) is 75.2. The number of ketones is 4. The van der Waals surface area contributed by atoms with Crippen molar-refractivity contribution in [3.8, 4) is 58.3 Å². The van der Waals surface area contributed by atoms with E-state index in [1.807, 2.05) is 116 Å². The molecule has 0 fully saturated rings. The Balaban J connectivity index is 0.000000161. The zero-order chi connectivity index (χ0) is 73.9. The molecule has 0 N–H and O–H groups in total. The molecule has 24 heteroatoms. The van der Waals surface area contributed by atoms with Crippen LogP contribution in [0, 0.1) is 51.7 Å². The third kappa shape index (κ3) is 23.3. The number of Topliss-reactive ketones (excluding diaryl/α,β-unsaturated/α-hetero) is 4. The van der Waals surface area contributed by atoms with Gasteiger partial charge in [0.05, 0.1) is 75.3 Å². The van der Waals surface area contributed by atoms with E-state index < -0.39 is 11.6 Å². The summed E-state index contributed by atoms with van der Waals surface area (Å²) in [6.45, 7) is 15.5. The summed E-state index contributed by atoms with van der Waals surface area (Å²) >= 11 is 0. The van der Waals surface area contributed by atoms with E-state index in [2.05, 4.69) is 75.7 Å². The number of halogens is 2. The molecular weight excluding hydrogens is 1320 g/mol. The summed E-state index contributed by atoms with van der Waals surface area (Å²) in [5, 5.41) is 0. The average Bonchev–Trinajstić information content (AvgIpc) is 0.856. The molecule has 0 unspecified atom stereocenters. The minimum Gasteiger partial charge on any atom is -0.455 e.